The minimum Gasteiger partial charge on any atom is -0.396 e. The molecule has 2 aromatic rings. The third-order valence-electron chi connectivity index (χ3n) is 5.25. The third-order valence-corrected chi connectivity index (χ3v) is 5.25. The highest BCUT2D eigenvalue weighted by Crippen LogP contribution is 2.34. The summed E-state index contributed by atoms with van der Waals surface area (Å²) >= 11 is 0. The lowest BCUT2D eigenvalue weighted by atomic mass is 9.96. The molecule has 0 aliphatic carbocycles. The van der Waals surface area contributed by atoms with Gasteiger partial charge in [-0.1, -0.05) is 27.7 Å². The molecule has 2 N–H and O–H groups in total. The summed E-state index contributed by atoms with van der Waals surface area (Å²) in [7, 11) is 3.99. The fourth-order valence-electron chi connectivity index (χ4n) is 3.34. The predicted octanol–water partition coefficient (Wildman–Crippen LogP) is 4.50. The van der Waals surface area contributed by atoms with Gasteiger partial charge in [0.2, 0.25) is 0 Å². The van der Waals surface area contributed by atoms with E-state index < -0.39 is 0 Å². The zero-order valence-corrected chi connectivity index (χ0v) is 18.5. The van der Waals surface area contributed by atoms with Gasteiger partial charge in [0.1, 0.15) is 11.6 Å². The van der Waals surface area contributed by atoms with Crippen LogP contribution in [0.2, 0.25) is 0 Å². The maximum Gasteiger partial charge on any atom is 0.135 e. The molecule has 0 fully saturated rings. The zero-order chi connectivity index (χ0) is 20.8. The van der Waals surface area contributed by atoms with Crippen LogP contribution in [0.3, 0.4) is 0 Å². The molecule has 154 valence electrons. The van der Waals surface area contributed by atoms with E-state index in [1.54, 1.807) is 0 Å². The average molecular weight is 385 g/mol. The van der Waals surface area contributed by atoms with Gasteiger partial charge in [-0.05, 0) is 60.9 Å². The van der Waals surface area contributed by atoms with E-state index in [0.717, 1.165) is 48.0 Å². The average Bonchev–Trinajstić information content (AvgIpc) is 2.72. The number of nitrogens with one attached hydrogen (secondary N) is 1. The molecule has 0 spiro atoms. The Morgan fingerprint density at radius 1 is 1.11 bits per heavy atom. The number of nitrogens with zero attached hydrogens (tertiary/aromatic N) is 3. The summed E-state index contributed by atoms with van der Waals surface area (Å²) in [6, 6.07) is 6.51. The quantitative estimate of drug-likeness (QED) is 0.667. The molecule has 0 aliphatic heterocycles. The molecule has 1 unspecified atom stereocenters. The highest BCUT2D eigenvalue weighted by Gasteiger charge is 2.19. The minimum atomic E-state index is 0.184. The summed E-state index contributed by atoms with van der Waals surface area (Å²) in [6.07, 6.45) is 1.72. The highest BCUT2D eigenvalue weighted by atomic mass is 16.3. The number of aliphatic hydroxyl groups is 1. The van der Waals surface area contributed by atoms with Gasteiger partial charge in [-0.15, -0.1) is 0 Å². The van der Waals surface area contributed by atoms with E-state index >= 15 is 0 Å². The molecule has 0 aromatic carbocycles. The van der Waals surface area contributed by atoms with Gasteiger partial charge in [-0.2, -0.15) is 0 Å². The van der Waals surface area contributed by atoms with E-state index in [-0.39, 0.29) is 12.5 Å². The Bertz CT molecular complexity index is 788. The van der Waals surface area contributed by atoms with Crippen molar-refractivity contribution in [3.63, 3.8) is 0 Å². The predicted molar refractivity (Wildman–Crippen MR) is 119 cm³/mol. The largest absolute Gasteiger partial charge is 0.396 e. The molecule has 2 aromatic heterocycles. The van der Waals surface area contributed by atoms with E-state index in [1.807, 2.05) is 7.05 Å². The number of pyridine rings is 2. The Balaban J connectivity index is 2.67. The van der Waals surface area contributed by atoms with E-state index in [1.165, 1.54) is 11.1 Å². The SMILES string of the molecule is CCc1cc(CC(C)CO)c(N(C)CC)nc1-c1ccc(C(C)C)nc1NC. The fraction of sp³-hybridized carbons (Fsp3) is 0.565. The van der Waals surface area contributed by atoms with Crippen LogP contribution >= 0.6 is 0 Å². The van der Waals surface area contributed by atoms with Crippen molar-refractivity contribution in [3.8, 4) is 11.3 Å². The van der Waals surface area contributed by atoms with Crippen molar-refractivity contribution in [2.75, 3.05) is 37.5 Å². The Morgan fingerprint density at radius 3 is 2.36 bits per heavy atom. The summed E-state index contributed by atoms with van der Waals surface area (Å²) in [6.45, 7) is 11.7. The van der Waals surface area contributed by atoms with E-state index in [4.69, 9.17) is 9.97 Å². The smallest absolute Gasteiger partial charge is 0.135 e. The summed E-state index contributed by atoms with van der Waals surface area (Å²) in [4.78, 5) is 12.1. The first-order valence-corrected chi connectivity index (χ1v) is 10.4. The van der Waals surface area contributed by atoms with Crippen molar-refractivity contribution in [1.82, 2.24) is 9.97 Å². The van der Waals surface area contributed by atoms with Crippen LogP contribution in [-0.2, 0) is 12.8 Å². The summed E-state index contributed by atoms with van der Waals surface area (Å²) in [5.41, 5.74) is 5.51. The molecule has 5 nitrogen and oxygen atoms in total. The van der Waals surface area contributed by atoms with Gasteiger partial charge in [-0.25, -0.2) is 9.97 Å². The van der Waals surface area contributed by atoms with E-state index in [0.29, 0.717) is 5.92 Å². The molecule has 28 heavy (non-hydrogen) atoms. The molecule has 0 amide bonds. The van der Waals surface area contributed by atoms with Gasteiger partial charge in [0.15, 0.2) is 0 Å². The second-order valence-corrected chi connectivity index (χ2v) is 7.88. The van der Waals surface area contributed by atoms with E-state index in [2.05, 4.69) is 70.1 Å². The first kappa shape index (κ1) is 22.2. The second kappa shape index (κ2) is 9.87. The first-order valence-electron chi connectivity index (χ1n) is 10.4. The summed E-state index contributed by atoms with van der Waals surface area (Å²) < 4.78 is 0. The number of hydrogen-bond donors (Lipinski definition) is 2. The molecule has 1 atom stereocenters. The van der Waals surface area contributed by atoms with Crippen molar-refractivity contribution in [2.45, 2.75) is 53.4 Å². The van der Waals surface area contributed by atoms with Crippen LogP contribution in [-0.4, -0.2) is 42.3 Å². The standard InChI is InChI=1S/C23H36N4O/c1-8-17-13-18(12-16(5)14-28)23(27(7)9-2)26-21(17)19-10-11-20(15(3)4)25-22(19)24-6/h10-11,13,15-16,28H,8-9,12,14H2,1-7H3,(H,24,25). The lowest BCUT2D eigenvalue weighted by molar-refractivity contribution is 0.237. The maximum absolute atomic E-state index is 9.53. The number of hydrogen-bond acceptors (Lipinski definition) is 5. The normalized spacial score (nSPS) is 12.3. The zero-order valence-electron chi connectivity index (χ0n) is 18.5. The van der Waals surface area contributed by atoms with Crippen molar-refractivity contribution < 1.29 is 5.11 Å². The lowest BCUT2D eigenvalue weighted by Crippen LogP contribution is -2.21. The van der Waals surface area contributed by atoms with Crippen LogP contribution in [0.15, 0.2) is 18.2 Å². The molecule has 0 saturated heterocycles. The monoisotopic (exact) mass is 384 g/mol. The van der Waals surface area contributed by atoms with Crippen molar-refractivity contribution in [3.05, 3.63) is 35.0 Å². The van der Waals surface area contributed by atoms with Gasteiger partial charge in [0.25, 0.3) is 0 Å². The maximum atomic E-state index is 9.53. The van der Waals surface area contributed by atoms with Crippen molar-refractivity contribution in [2.24, 2.45) is 5.92 Å². The fourth-order valence-corrected chi connectivity index (χ4v) is 3.34. The highest BCUT2D eigenvalue weighted by molar-refractivity contribution is 5.76. The summed E-state index contributed by atoms with van der Waals surface area (Å²) in [5.74, 6) is 2.45. The number of aliphatic hydroxyl groups excluding tert-OH is 1. The molecule has 0 aliphatic rings. The number of anilines is 2. The van der Waals surface area contributed by atoms with Gasteiger partial charge >= 0.3 is 0 Å². The number of aromatic nitrogens is 2. The van der Waals surface area contributed by atoms with Crippen LogP contribution in [0.25, 0.3) is 11.3 Å². The third kappa shape index (κ3) is 4.82. The number of rotatable bonds is 9. The molecule has 0 radical (unpaired) electrons. The Morgan fingerprint density at radius 2 is 1.82 bits per heavy atom. The molecule has 0 saturated carbocycles. The van der Waals surface area contributed by atoms with Crippen LogP contribution in [0.1, 0.15) is 57.4 Å². The van der Waals surface area contributed by atoms with Crippen LogP contribution in [0, 0.1) is 5.92 Å². The molecule has 0 bridgehead atoms. The summed E-state index contributed by atoms with van der Waals surface area (Å²) in [5, 5.41) is 12.8. The van der Waals surface area contributed by atoms with Gasteiger partial charge < -0.3 is 15.3 Å². The molecular formula is C23H36N4O. The van der Waals surface area contributed by atoms with Crippen LogP contribution in [0.5, 0.6) is 0 Å². The van der Waals surface area contributed by atoms with Crippen molar-refractivity contribution in [1.29, 1.82) is 0 Å². The first-order chi connectivity index (χ1) is 13.4. The molecule has 5 heteroatoms. The Hall–Kier alpha value is -2.14. The minimum absolute atomic E-state index is 0.184. The lowest BCUT2D eigenvalue weighted by Gasteiger charge is -2.24. The van der Waals surface area contributed by atoms with Crippen LogP contribution in [0.4, 0.5) is 11.6 Å². The van der Waals surface area contributed by atoms with Gasteiger partial charge in [0.05, 0.1) is 5.69 Å². The van der Waals surface area contributed by atoms with Gasteiger partial charge in [0, 0.05) is 38.5 Å². The Labute approximate surface area is 170 Å². The Kier molecular flexibility index (Phi) is 7.81. The molecule has 2 rings (SSSR count). The van der Waals surface area contributed by atoms with E-state index in [9.17, 15) is 5.11 Å². The van der Waals surface area contributed by atoms with Crippen molar-refractivity contribution >= 4 is 11.6 Å². The topological polar surface area (TPSA) is 61.3 Å². The van der Waals surface area contributed by atoms with Gasteiger partial charge in [-0.3, -0.25) is 0 Å². The molecular weight excluding hydrogens is 348 g/mol. The number of aryl methyl sites for hydroxylation is 1. The second-order valence-electron chi connectivity index (χ2n) is 7.88. The molecule has 2 heterocycles. The van der Waals surface area contributed by atoms with Crippen LogP contribution < -0.4 is 10.2 Å².